The van der Waals surface area contributed by atoms with Crippen LogP contribution in [0.4, 0.5) is 5.13 Å². The molecule has 0 bridgehead atoms. The van der Waals surface area contributed by atoms with E-state index in [1.165, 1.54) is 11.8 Å². The third-order valence-corrected chi connectivity index (χ3v) is 5.37. The zero-order valence-corrected chi connectivity index (χ0v) is 13.6. The number of carbonyl (C=O) groups is 2. The van der Waals surface area contributed by atoms with Crippen LogP contribution >= 0.6 is 22.7 Å². The Morgan fingerprint density at radius 3 is 2.62 bits per heavy atom. The molecule has 2 heterocycles. The molecule has 0 unspecified atom stereocenters. The van der Waals surface area contributed by atoms with Crippen LogP contribution in [0.15, 0.2) is 17.5 Å². The first kappa shape index (κ1) is 15.7. The number of thiazole rings is 1. The Labute approximate surface area is 130 Å². The molecule has 0 amide bonds. The number of hydrogen-bond donors (Lipinski definition) is 2. The third-order valence-electron chi connectivity index (χ3n) is 3.02. The monoisotopic (exact) mass is 324 g/mol. The molecule has 0 aliphatic heterocycles. The van der Waals surface area contributed by atoms with Crippen LogP contribution in [0.1, 0.15) is 45.8 Å². The lowest BCUT2D eigenvalue weighted by Crippen LogP contribution is -2.26. The van der Waals surface area contributed by atoms with Crippen LogP contribution in [0.3, 0.4) is 0 Å². The molecular weight excluding hydrogens is 308 g/mol. The Hall–Kier alpha value is -1.73. The van der Waals surface area contributed by atoms with Crippen LogP contribution in [0.2, 0.25) is 0 Å². The first-order chi connectivity index (χ1) is 9.81. The van der Waals surface area contributed by atoms with Gasteiger partial charge in [-0.2, -0.15) is 0 Å². The van der Waals surface area contributed by atoms with E-state index in [0.29, 0.717) is 11.7 Å². The van der Waals surface area contributed by atoms with E-state index in [-0.39, 0.29) is 21.8 Å². The van der Waals surface area contributed by atoms with Crippen molar-refractivity contribution in [2.75, 3.05) is 11.9 Å². The van der Waals surface area contributed by atoms with E-state index in [9.17, 15) is 9.59 Å². The van der Waals surface area contributed by atoms with Crippen molar-refractivity contribution in [2.24, 2.45) is 0 Å². The van der Waals surface area contributed by atoms with Crippen LogP contribution in [0.25, 0.3) is 0 Å². The molecule has 0 aliphatic carbocycles. The topological polar surface area (TPSA) is 79.3 Å². The summed E-state index contributed by atoms with van der Waals surface area (Å²) in [5, 5.41) is 14.7. The summed E-state index contributed by atoms with van der Waals surface area (Å²) in [4.78, 5) is 28.0. The normalized spacial score (nSPS) is 11.4. The van der Waals surface area contributed by atoms with Gasteiger partial charge in [-0.05, 0) is 11.4 Å². The number of Topliss-reactive ketones (excluding diaryl/α,β-unsaturated/α-hetero) is 1. The van der Waals surface area contributed by atoms with E-state index in [1.54, 1.807) is 11.3 Å². The SMILES string of the molecule is CC(=O)c1sc(NCC(C)(C)c2cccs2)nc1C(=O)O. The van der Waals surface area contributed by atoms with E-state index in [2.05, 4.69) is 30.2 Å². The maximum atomic E-state index is 11.5. The van der Waals surface area contributed by atoms with Crippen molar-refractivity contribution in [3.8, 4) is 0 Å². The summed E-state index contributed by atoms with van der Waals surface area (Å²) >= 11 is 2.76. The van der Waals surface area contributed by atoms with Crippen LogP contribution in [-0.4, -0.2) is 28.4 Å². The molecule has 0 saturated heterocycles. The second kappa shape index (κ2) is 5.95. The number of hydrogen-bond acceptors (Lipinski definition) is 6. The van der Waals surface area contributed by atoms with Crippen LogP contribution in [-0.2, 0) is 5.41 Å². The molecule has 0 saturated carbocycles. The number of thiophene rings is 1. The summed E-state index contributed by atoms with van der Waals surface area (Å²) < 4.78 is 0. The van der Waals surface area contributed by atoms with E-state index < -0.39 is 5.97 Å². The van der Waals surface area contributed by atoms with Crippen molar-refractivity contribution in [1.82, 2.24) is 4.98 Å². The molecule has 112 valence electrons. The van der Waals surface area contributed by atoms with E-state index >= 15 is 0 Å². The zero-order chi connectivity index (χ0) is 15.6. The highest BCUT2D eigenvalue weighted by Crippen LogP contribution is 2.29. The molecule has 0 atom stereocenters. The molecule has 0 fully saturated rings. The molecular formula is C14H16N2O3S2. The van der Waals surface area contributed by atoms with Crippen LogP contribution < -0.4 is 5.32 Å². The molecule has 21 heavy (non-hydrogen) atoms. The summed E-state index contributed by atoms with van der Waals surface area (Å²) in [6, 6.07) is 4.07. The van der Waals surface area contributed by atoms with Crippen molar-refractivity contribution in [2.45, 2.75) is 26.2 Å². The van der Waals surface area contributed by atoms with Crippen molar-refractivity contribution in [3.05, 3.63) is 33.0 Å². The van der Waals surface area contributed by atoms with Gasteiger partial charge in [0, 0.05) is 23.8 Å². The fraction of sp³-hybridized carbons (Fsp3) is 0.357. The highest BCUT2D eigenvalue weighted by atomic mass is 32.1. The predicted molar refractivity (Wildman–Crippen MR) is 84.9 cm³/mol. The smallest absolute Gasteiger partial charge is 0.356 e. The maximum Gasteiger partial charge on any atom is 0.356 e. The van der Waals surface area contributed by atoms with E-state index in [1.807, 2.05) is 11.4 Å². The maximum absolute atomic E-state index is 11.5. The van der Waals surface area contributed by atoms with Gasteiger partial charge in [-0.25, -0.2) is 9.78 Å². The number of nitrogens with one attached hydrogen (secondary N) is 1. The summed E-state index contributed by atoms with van der Waals surface area (Å²) in [6.45, 7) is 6.16. The van der Waals surface area contributed by atoms with Gasteiger partial charge in [0.2, 0.25) is 0 Å². The fourth-order valence-corrected chi connectivity index (χ4v) is 3.53. The van der Waals surface area contributed by atoms with Crippen molar-refractivity contribution in [3.63, 3.8) is 0 Å². The van der Waals surface area contributed by atoms with Crippen molar-refractivity contribution in [1.29, 1.82) is 0 Å². The minimum atomic E-state index is -1.18. The van der Waals surface area contributed by atoms with Crippen molar-refractivity contribution < 1.29 is 14.7 Å². The van der Waals surface area contributed by atoms with Gasteiger partial charge in [-0.3, -0.25) is 4.79 Å². The Kier molecular flexibility index (Phi) is 4.43. The third kappa shape index (κ3) is 3.48. The molecule has 0 aromatic carbocycles. The molecule has 0 spiro atoms. The van der Waals surface area contributed by atoms with Gasteiger partial charge in [-0.1, -0.05) is 31.3 Å². The highest BCUT2D eigenvalue weighted by Gasteiger charge is 2.24. The minimum Gasteiger partial charge on any atom is -0.476 e. The molecule has 2 aromatic rings. The number of nitrogens with zero attached hydrogens (tertiary/aromatic N) is 1. The summed E-state index contributed by atoms with van der Waals surface area (Å²) in [7, 11) is 0. The Balaban J connectivity index is 2.16. The predicted octanol–water partition coefficient (Wildman–Crippen LogP) is 3.50. The zero-order valence-electron chi connectivity index (χ0n) is 12.0. The van der Waals surface area contributed by atoms with Gasteiger partial charge in [-0.15, -0.1) is 11.3 Å². The quantitative estimate of drug-likeness (QED) is 0.795. The number of anilines is 1. The number of rotatable bonds is 6. The molecule has 7 heteroatoms. The average molecular weight is 324 g/mol. The first-order valence-corrected chi connectivity index (χ1v) is 8.04. The molecule has 2 N–H and O–H groups in total. The number of carboxylic acid groups (broad SMARTS) is 1. The van der Waals surface area contributed by atoms with Crippen LogP contribution in [0.5, 0.6) is 0 Å². The summed E-state index contributed by atoms with van der Waals surface area (Å²) in [6.07, 6.45) is 0. The van der Waals surface area contributed by atoms with Crippen molar-refractivity contribution >= 4 is 39.6 Å². The number of carbonyl (C=O) groups excluding carboxylic acids is 1. The molecule has 5 nitrogen and oxygen atoms in total. The summed E-state index contributed by atoms with van der Waals surface area (Å²) in [5.41, 5.74) is -0.275. The van der Waals surface area contributed by atoms with E-state index in [0.717, 1.165) is 11.3 Å². The van der Waals surface area contributed by atoms with Gasteiger partial charge in [0.05, 0.1) is 0 Å². The van der Waals surface area contributed by atoms with Crippen LogP contribution in [0, 0.1) is 0 Å². The molecule has 0 radical (unpaired) electrons. The average Bonchev–Trinajstić information content (AvgIpc) is 3.06. The number of aromatic carboxylic acids is 1. The Bertz CT molecular complexity index is 628. The number of carboxylic acids is 1. The van der Waals surface area contributed by atoms with Gasteiger partial charge in [0.15, 0.2) is 16.6 Å². The Morgan fingerprint density at radius 2 is 2.14 bits per heavy atom. The molecule has 0 aliphatic rings. The molecule has 2 rings (SSSR count). The van der Waals surface area contributed by atoms with Gasteiger partial charge < -0.3 is 10.4 Å². The van der Waals surface area contributed by atoms with Gasteiger partial charge >= 0.3 is 5.97 Å². The summed E-state index contributed by atoms with van der Waals surface area (Å²) in [5.74, 6) is -1.46. The Morgan fingerprint density at radius 1 is 1.43 bits per heavy atom. The van der Waals surface area contributed by atoms with Gasteiger partial charge in [0.25, 0.3) is 0 Å². The van der Waals surface area contributed by atoms with E-state index in [4.69, 9.17) is 5.11 Å². The fourth-order valence-electron chi connectivity index (χ4n) is 1.83. The first-order valence-electron chi connectivity index (χ1n) is 6.34. The lowest BCUT2D eigenvalue weighted by Gasteiger charge is -2.23. The second-order valence-corrected chi connectivity index (χ2v) is 7.22. The second-order valence-electron chi connectivity index (χ2n) is 5.27. The standard InChI is InChI=1S/C14H16N2O3S2/c1-8(17)11-10(12(18)19)16-13(21-11)15-7-14(2,3)9-5-4-6-20-9/h4-6H,7H2,1-3H3,(H,15,16)(H,18,19). The minimum absolute atomic E-state index is 0.0976. The van der Waals surface area contributed by atoms with Gasteiger partial charge in [0.1, 0.15) is 4.88 Å². The number of ketones is 1. The molecule has 2 aromatic heterocycles. The number of aromatic nitrogens is 1. The lowest BCUT2D eigenvalue weighted by molar-refractivity contribution is 0.0687. The highest BCUT2D eigenvalue weighted by molar-refractivity contribution is 7.17. The largest absolute Gasteiger partial charge is 0.476 e. The lowest BCUT2D eigenvalue weighted by atomic mass is 9.91.